The van der Waals surface area contributed by atoms with E-state index in [4.69, 9.17) is 0 Å². The fraction of sp³-hybridized carbons (Fsp3) is 0.333. The number of nitrogens with one attached hydrogen (secondary N) is 2. The number of para-hydroxylation sites is 1. The van der Waals surface area contributed by atoms with Crippen LogP contribution in [0.1, 0.15) is 47.2 Å². The first-order valence-corrected chi connectivity index (χ1v) is 13.0. The van der Waals surface area contributed by atoms with Gasteiger partial charge >= 0.3 is 6.03 Å². The van der Waals surface area contributed by atoms with Gasteiger partial charge in [-0.05, 0) is 73.6 Å². The zero-order valence-electron chi connectivity index (χ0n) is 20.7. The van der Waals surface area contributed by atoms with Crippen LogP contribution >= 0.6 is 0 Å². The number of fused-ring (bicyclic) bond motifs is 1. The summed E-state index contributed by atoms with van der Waals surface area (Å²) < 4.78 is 0. The molecule has 3 amide bonds. The summed E-state index contributed by atoms with van der Waals surface area (Å²) in [5.74, 6) is -0.0594. The van der Waals surface area contributed by atoms with Gasteiger partial charge in [0, 0.05) is 49.2 Å². The van der Waals surface area contributed by atoms with Gasteiger partial charge in [-0.15, -0.1) is 0 Å². The highest BCUT2D eigenvalue weighted by molar-refractivity contribution is 6.02. The van der Waals surface area contributed by atoms with Crippen molar-refractivity contribution in [3.63, 3.8) is 0 Å². The highest BCUT2D eigenvalue weighted by Gasteiger charge is 2.22. The minimum Gasteiger partial charge on any atom is -0.349 e. The van der Waals surface area contributed by atoms with Crippen LogP contribution in [0.4, 0.5) is 16.2 Å². The smallest absolute Gasteiger partial charge is 0.326 e. The van der Waals surface area contributed by atoms with E-state index in [0.717, 1.165) is 57.4 Å². The maximum Gasteiger partial charge on any atom is 0.326 e. The minimum absolute atomic E-state index is 0.0594. The van der Waals surface area contributed by atoms with Crippen molar-refractivity contribution in [1.82, 2.24) is 10.2 Å². The van der Waals surface area contributed by atoms with Crippen LogP contribution in [0.25, 0.3) is 0 Å². The van der Waals surface area contributed by atoms with Crippen LogP contribution in [-0.4, -0.2) is 42.5 Å². The monoisotopic (exact) mass is 482 g/mol. The molecule has 1 saturated heterocycles. The van der Waals surface area contributed by atoms with E-state index >= 15 is 0 Å². The molecule has 1 fully saturated rings. The average molecular weight is 483 g/mol. The van der Waals surface area contributed by atoms with Crippen LogP contribution in [0.5, 0.6) is 0 Å². The minimum atomic E-state index is -0.135. The summed E-state index contributed by atoms with van der Waals surface area (Å²) in [4.78, 5) is 30.1. The molecule has 0 radical (unpaired) electrons. The molecular weight excluding hydrogens is 448 g/mol. The third kappa shape index (κ3) is 5.94. The van der Waals surface area contributed by atoms with Gasteiger partial charge in [-0.3, -0.25) is 14.6 Å². The number of anilines is 2. The first kappa shape index (κ1) is 24.1. The molecule has 5 rings (SSSR count). The molecule has 0 spiro atoms. The molecule has 2 aliphatic heterocycles. The van der Waals surface area contributed by atoms with Gasteiger partial charge in [0.1, 0.15) is 0 Å². The third-order valence-corrected chi connectivity index (χ3v) is 7.18. The average Bonchev–Trinajstić information content (AvgIpc) is 3.13. The topological polar surface area (TPSA) is 64.7 Å². The lowest BCUT2D eigenvalue weighted by Crippen LogP contribution is -2.44. The molecule has 0 saturated carbocycles. The van der Waals surface area contributed by atoms with Gasteiger partial charge in [0.05, 0.1) is 0 Å². The van der Waals surface area contributed by atoms with Crippen molar-refractivity contribution < 1.29 is 9.59 Å². The highest BCUT2D eigenvalue weighted by Crippen LogP contribution is 2.27. The lowest BCUT2D eigenvalue weighted by Gasteiger charge is -2.32. The summed E-state index contributed by atoms with van der Waals surface area (Å²) >= 11 is 0. The Kier molecular flexibility index (Phi) is 7.62. The number of piperidine rings is 1. The Morgan fingerprint density at radius 2 is 1.53 bits per heavy atom. The number of carbonyl (C=O) groups excluding carboxylic acids is 2. The van der Waals surface area contributed by atoms with Crippen molar-refractivity contribution in [1.29, 1.82) is 0 Å². The van der Waals surface area contributed by atoms with Gasteiger partial charge in [0.25, 0.3) is 5.91 Å². The fourth-order valence-electron chi connectivity index (χ4n) is 5.14. The molecule has 0 aromatic heterocycles. The summed E-state index contributed by atoms with van der Waals surface area (Å²) in [5, 5.41) is 6.19. The van der Waals surface area contributed by atoms with Gasteiger partial charge in [0.15, 0.2) is 0 Å². The van der Waals surface area contributed by atoms with E-state index in [-0.39, 0.29) is 18.0 Å². The zero-order valence-corrected chi connectivity index (χ0v) is 20.7. The molecule has 0 atom stereocenters. The van der Waals surface area contributed by atoms with Crippen LogP contribution in [0.3, 0.4) is 0 Å². The largest absolute Gasteiger partial charge is 0.349 e. The number of amides is 3. The van der Waals surface area contributed by atoms with Gasteiger partial charge in [-0.25, -0.2) is 4.79 Å². The second-order valence-corrected chi connectivity index (χ2v) is 9.75. The quantitative estimate of drug-likeness (QED) is 0.508. The Morgan fingerprint density at radius 3 is 2.31 bits per heavy atom. The number of carbonyl (C=O) groups is 2. The number of benzene rings is 3. The highest BCUT2D eigenvalue weighted by atomic mass is 16.2. The Balaban J connectivity index is 1.12. The SMILES string of the molecule is O=C(NC1CCN(Cc2ccccc2)CC1)c1ccc(NC(=O)N2CCCCc3ccccc32)cc1. The molecule has 2 N–H and O–H groups in total. The third-order valence-electron chi connectivity index (χ3n) is 7.18. The fourth-order valence-corrected chi connectivity index (χ4v) is 5.14. The van der Waals surface area contributed by atoms with Crippen molar-refractivity contribution in [3.8, 4) is 0 Å². The van der Waals surface area contributed by atoms with Crippen molar-refractivity contribution in [2.75, 3.05) is 29.9 Å². The molecule has 6 heteroatoms. The summed E-state index contributed by atoms with van der Waals surface area (Å²) in [7, 11) is 0. The number of aryl methyl sites for hydroxylation is 1. The second-order valence-electron chi connectivity index (χ2n) is 9.75. The number of likely N-dealkylation sites (tertiary alicyclic amines) is 1. The van der Waals surface area contributed by atoms with E-state index < -0.39 is 0 Å². The van der Waals surface area contributed by atoms with E-state index in [0.29, 0.717) is 17.8 Å². The molecule has 0 unspecified atom stereocenters. The number of hydrogen-bond acceptors (Lipinski definition) is 3. The maximum atomic E-state index is 13.0. The van der Waals surface area contributed by atoms with Gasteiger partial charge < -0.3 is 10.6 Å². The molecule has 0 aliphatic carbocycles. The van der Waals surface area contributed by atoms with Crippen LogP contribution in [0.2, 0.25) is 0 Å². The maximum absolute atomic E-state index is 13.0. The lowest BCUT2D eigenvalue weighted by molar-refractivity contribution is 0.0909. The molecule has 2 heterocycles. The van der Waals surface area contributed by atoms with Crippen molar-refractivity contribution in [3.05, 3.63) is 95.6 Å². The van der Waals surface area contributed by atoms with Gasteiger partial charge in [0.2, 0.25) is 0 Å². The number of urea groups is 1. The Hall–Kier alpha value is -3.64. The Morgan fingerprint density at radius 1 is 0.806 bits per heavy atom. The van der Waals surface area contributed by atoms with Crippen molar-refractivity contribution in [2.45, 2.75) is 44.7 Å². The number of rotatable bonds is 5. The molecule has 36 heavy (non-hydrogen) atoms. The van der Waals surface area contributed by atoms with E-state index in [1.165, 1.54) is 11.1 Å². The normalized spacial score (nSPS) is 16.6. The first-order valence-electron chi connectivity index (χ1n) is 13.0. The van der Waals surface area contributed by atoms with E-state index in [1.807, 2.05) is 29.2 Å². The van der Waals surface area contributed by atoms with Crippen LogP contribution in [-0.2, 0) is 13.0 Å². The summed E-state index contributed by atoms with van der Waals surface area (Å²) in [6, 6.07) is 25.9. The Bertz CT molecular complexity index is 1170. The van der Waals surface area contributed by atoms with Crippen molar-refractivity contribution in [2.24, 2.45) is 0 Å². The molecule has 0 bridgehead atoms. The van der Waals surface area contributed by atoms with E-state index in [9.17, 15) is 9.59 Å². The predicted octanol–water partition coefficient (Wildman–Crippen LogP) is 5.46. The predicted molar refractivity (Wildman–Crippen MR) is 144 cm³/mol. The van der Waals surface area contributed by atoms with E-state index in [1.54, 1.807) is 24.3 Å². The molecule has 2 aliphatic rings. The van der Waals surface area contributed by atoms with Gasteiger partial charge in [-0.2, -0.15) is 0 Å². The molecular formula is C30H34N4O2. The summed E-state index contributed by atoms with van der Waals surface area (Å²) in [6.45, 7) is 3.61. The summed E-state index contributed by atoms with van der Waals surface area (Å²) in [6.07, 6.45) is 4.95. The molecule has 186 valence electrons. The number of nitrogens with zero attached hydrogens (tertiary/aromatic N) is 2. The summed E-state index contributed by atoms with van der Waals surface area (Å²) in [5.41, 5.74) is 4.82. The zero-order chi connectivity index (χ0) is 24.7. The molecule has 3 aromatic rings. The standard InChI is InChI=1S/C30H34N4O2/c35-29(31-27-17-20-33(21-18-27)22-23-8-2-1-3-9-23)25-13-15-26(16-14-25)32-30(36)34-19-7-6-11-24-10-4-5-12-28(24)34/h1-5,8-10,12-16,27H,6-7,11,17-22H2,(H,31,35)(H,32,36). The first-order chi connectivity index (χ1) is 17.7. The lowest BCUT2D eigenvalue weighted by atomic mass is 10.0. The van der Waals surface area contributed by atoms with Crippen molar-refractivity contribution >= 4 is 23.3 Å². The second kappa shape index (κ2) is 11.4. The Labute approximate surface area is 213 Å². The molecule has 6 nitrogen and oxygen atoms in total. The van der Waals surface area contributed by atoms with Crippen LogP contribution in [0, 0.1) is 0 Å². The van der Waals surface area contributed by atoms with E-state index in [2.05, 4.69) is 45.9 Å². The van der Waals surface area contributed by atoms with Gasteiger partial charge in [-0.1, -0.05) is 48.5 Å². The van der Waals surface area contributed by atoms with Crippen LogP contribution in [0.15, 0.2) is 78.9 Å². The number of hydrogen-bond donors (Lipinski definition) is 2. The van der Waals surface area contributed by atoms with Crippen LogP contribution < -0.4 is 15.5 Å². The molecule has 3 aromatic carbocycles.